The Kier molecular flexibility index (Phi) is 4.94. The van der Waals surface area contributed by atoms with Gasteiger partial charge in [-0.25, -0.2) is 9.78 Å². The average molecular weight is 348 g/mol. The first kappa shape index (κ1) is 17.9. The molecule has 0 radical (unpaired) electrons. The van der Waals surface area contributed by atoms with Gasteiger partial charge in [-0.05, 0) is 28.7 Å². The van der Waals surface area contributed by atoms with Gasteiger partial charge in [-0.15, -0.1) is 0 Å². The molecule has 0 spiro atoms. The van der Waals surface area contributed by atoms with Crippen LogP contribution in [0.5, 0.6) is 0 Å². The first-order chi connectivity index (χ1) is 12.4. The van der Waals surface area contributed by atoms with Crippen LogP contribution in [0.1, 0.15) is 42.3 Å². The zero-order valence-corrected chi connectivity index (χ0v) is 15.7. The molecule has 3 rings (SSSR count). The van der Waals surface area contributed by atoms with E-state index in [4.69, 9.17) is 4.74 Å². The van der Waals surface area contributed by atoms with E-state index in [9.17, 15) is 4.79 Å². The number of esters is 1. The molecular formula is C22H24N2O2. The van der Waals surface area contributed by atoms with Crippen LogP contribution in [0.2, 0.25) is 0 Å². The van der Waals surface area contributed by atoms with E-state index >= 15 is 0 Å². The number of hydrogen-bond donors (Lipinski definition) is 0. The summed E-state index contributed by atoms with van der Waals surface area (Å²) in [5, 5.41) is 0. The average Bonchev–Trinajstić information content (AvgIpc) is 3.08. The van der Waals surface area contributed by atoms with E-state index in [0.29, 0.717) is 12.1 Å². The van der Waals surface area contributed by atoms with E-state index in [1.165, 1.54) is 12.7 Å². The summed E-state index contributed by atoms with van der Waals surface area (Å²) in [6, 6.07) is 16.0. The van der Waals surface area contributed by atoms with Crippen molar-refractivity contribution in [3.05, 3.63) is 77.6 Å². The number of imidazole rings is 1. The van der Waals surface area contributed by atoms with Crippen molar-refractivity contribution in [1.82, 2.24) is 9.55 Å². The summed E-state index contributed by atoms with van der Waals surface area (Å²) in [5.74, 6) is 0.587. The van der Waals surface area contributed by atoms with Crippen molar-refractivity contribution in [2.75, 3.05) is 7.11 Å². The molecule has 0 aliphatic rings. The Hall–Kier alpha value is -2.88. The largest absolute Gasteiger partial charge is 0.465 e. The van der Waals surface area contributed by atoms with E-state index in [1.54, 1.807) is 12.3 Å². The van der Waals surface area contributed by atoms with E-state index < -0.39 is 0 Å². The van der Waals surface area contributed by atoms with Crippen molar-refractivity contribution in [2.24, 2.45) is 0 Å². The molecular weight excluding hydrogens is 324 g/mol. The quantitative estimate of drug-likeness (QED) is 0.643. The second-order valence-electron chi connectivity index (χ2n) is 7.40. The first-order valence-corrected chi connectivity index (χ1v) is 8.68. The van der Waals surface area contributed by atoms with Gasteiger partial charge in [-0.2, -0.15) is 0 Å². The zero-order chi connectivity index (χ0) is 18.7. The number of ether oxygens (including phenoxy) is 1. The van der Waals surface area contributed by atoms with Gasteiger partial charge >= 0.3 is 5.97 Å². The lowest BCUT2D eigenvalue weighted by Gasteiger charge is -2.19. The molecule has 0 fully saturated rings. The van der Waals surface area contributed by atoms with Gasteiger partial charge in [0.25, 0.3) is 0 Å². The molecule has 0 aliphatic carbocycles. The van der Waals surface area contributed by atoms with Crippen molar-refractivity contribution in [2.45, 2.75) is 32.7 Å². The molecule has 134 valence electrons. The lowest BCUT2D eigenvalue weighted by atomic mass is 9.87. The van der Waals surface area contributed by atoms with Gasteiger partial charge in [0.2, 0.25) is 0 Å². The summed E-state index contributed by atoms with van der Waals surface area (Å²) in [7, 11) is 1.39. The van der Waals surface area contributed by atoms with E-state index in [1.807, 2.05) is 24.4 Å². The molecule has 0 bridgehead atoms. The third-order valence-corrected chi connectivity index (χ3v) is 4.43. The Morgan fingerprint density at radius 1 is 1.12 bits per heavy atom. The summed E-state index contributed by atoms with van der Waals surface area (Å²) < 4.78 is 6.89. The highest BCUT2D eigenvalue weighted by molar-refractivity contribution is 5.89. The van der Waals surface area contributed by atoms with Crippen molar-refractivity contribution >= 4 is 5.97 Å². The Morgan fingerprint density at radius 3 is 2.50 bits per heavy atom. The van der Waals surface area contributed by atoms with Gasteiger partial charge in [0.15, 0.2) is 0 Å². The molecule has 4 nitrogen and oxygen atoms in total. The fraction of sp³-hybridized carbons (Fsp3) is 0.273. The van der Waals surface area contributed by atoms with Gasteiger partial charge in [0.05, 0.1) is 12.7 Å². The van der Waals surface area contributed by atoms with Crippen molar-refractivity contribution in [1.29, 1.82) is 0 Å². The van der Waals surface area contributed by atoms with E-state index in [0.717, 1.165) is 17.0 Å². The van der Waals surface area contributed by atoms with Crippen LogP contribution in [0.4, 0.5) is 0 Å². The molecule has 4 heteroatoms. The minimum Gasteiger partial charge on any atom is -0.465 e. The molecule has 0 amide bonds. The zero-order valence-electron chi connectivity index (χ0n) is 15.7. The van der Waals surface area contributed by atoms with Gasteiger partial charge in [0, 0.05) is 24.5 Å². The van der Waals surface area contributed by atoms with Crippen LogP contribution in [-0.2, 0) is 16.7 Å². The number of hydrogen-bond acceptors (Lipinski definition) is 3. The third-order valence-electron chi connectivity index (χ3n) is 4.43. The molecule has 0 saturated heterocycles. The second kappa shape index (κ2) is 7.16. The maximum atomic E-state index is 11.7. The number of aromatic nitrogens is 2. The van der Waals surface area contributed by atoms with Crippen LogP contribution in [0.25, 0.3) is 11.4 Å². The van der Waals surface area contributed by atoms with Gasteiger partial charge in [-0.3, -0.25) is 0 Å². The van der Waals surface area contributed by atoms with Crippen LogP contribution in [-0.4, -0.2) is 22.6 Å². The lowest BCUT2D eigenvalue weighted by molar-refractivity contribution is 0.0600. The smallest absolute Gasteiger partial charge is 0.337 e. The standard InChI is InChI=1S/C22H24N2O2/c1-22(2,3)19-10-8-17(9-11-19)20-23-12-13-24(20)15-16-6-5-7-18(14-16)21(25)26-4/h5-14H,15H2,1-4H3. The summed E-state index contributed by atoms with van der Waals surface area (Å²) in [6.07, 6.45) is 3.76. The third kappa shape index (κ3) is 3.85. The maximum Gasteiger partial charge on any atom is 0.337 e. The minimum atomic E-state index is -0.324. The van der Waals surface area contributed by atoms with Crippen LogP contribution in [0, 0.1) is 0 Å². The van der Waals surface area contributed by atoms with Crippen LogP contribution >= 0.6 is 0 Å². The highest BCUT2D eigenvalue weighted by atomic mass is 16.5. The Labute approximate surface area is 154 Å². The number of carbonyl (C=O) groups excluding carboxylic acids is 1. The molecule has 26 heavy (non-hydrogen) atoms. The molecule has 0 unspecified atom stereocenters. The number of carbonyl (C=O) groups is 1. The number of rotatable bonds is 4. The summed E-state index contributed by atoms with van der Waals surface area (Å²) in [6.45, 7) is 7.26. The molecule has 0 saturated carbocycles. The molecule has 1 heterocycles. The highest BCUT2D eigenvalue weighted by Gasteiger charge is 2.14. The fourth-order valence-corrected chi connectivity index (χ4v) is 2.93. The predicted molar refractivity (Wildman–Crippen MR) is 103 cm³/mol. The van der Waals surface area contributed by atoms with Crippen molar-refractivity contribution in [3.8, 4) is 11.4 Å². The second-order valence-corrected chi connectivity index (χ2v) is 7.40. The lowest BCUT2D eigenvalue weighted by Crippen LogP contribution is -2.10. The Morgan fingerprint density at radius 2 is 1.85 bits per heavy atom. The highest BCUT2D eigenvalue weighted by Crippen LogP contribution is 2.26. The monoisotopic (exact) mass is 348 g/mol. The Balaban J connectivity index is 1.86. The van der Waals surface area contributed by atoms with Gasteiger partial charge in [0.1, 0.15) is 5.82 Å². The molecule has 0 N–H and O–H groups in total. The van der Waals surface area contributed by atoms with Crippen LogP contribution in [0.3, 0.4) is 0 Å². The minimum absolute atomic E-state index is 0.127. The fourth-order valence-electron chi connectivity index (χ4n) is 2.93. The van der Waals surface area contributed by atoms with Gasteiger partial charge in [-0.1, -0.05) is 57.2 Å². The number of methoxy groups -OCH3 is 1. The normalized spacial score (nSPS) is 11.4. The molecule has 0 atom stereocenters. The molecule has 1 aromatic heterocycles. The van der Waals surface area contributed by atoms with E-state index in [2.05, 4.69) is 54.6 Å². The predicted octanol–water partition coefficient (Wildman–Crippen LogP) is 4.68. The Bertz CT molecular complexity index is 902. The number of benzene rings is 2. The van der Waals surface area contributed by atoms with Crippen LogP contribution < -0.4 is 0 Å². The van der Waals surface area contributed by atoms with E-state index in [-0.39, 0.29) is 11.4 Å². The summed E-state index contributed by atoms with van der Waals surface area (Å²) in [4.78, 5) is 16.2. The molecule has 2 aromatic carbocycles. The van der Waals surface area contributed by atoms with Crippen molar-refractivity contribution in [3.63, 3.8) is 0 Å². The first-order valence-electron chi connectivity index (χ1n) is 8.68. The van der Waals surface area contributed by atoms with Crippen molar-refractivity contribution < 1.29 is 9.53 Å². The molecule has 0 aliphatic heterocycles. The summed E-state index contributed by atoms with van der Waals surface area (Å²) in [5.41, 5.74) is 4.08. The number of nitrogens with zero attached hydrogens (tertiary/aromatic N) is 2. The maximum absolute atomic E-state index is 11.7. The molecule has 3 aromatic rings. The van der Waals surface area contributed by atoms with Gasteiger partial charge < -0.3 is 9.30 Å². The SMILES string of the molecule is COC(=O)c1cccc(Cn2ccnc2-c2ccc(C(C)(C)C)cc2)c1. The summed E-state index contributed by atoms with van der Waals surface area (Å²) >= 11 is 0. The van der Waals surface area contributed by atoms with Crippen LogP contribution in [0.15, 0.2) is 60.9 Å². The topological polar surface area (TPSA) is 44.1 Å².